The molecule has 3 heterocycles. The van der Waals surface area contributed by atoms with Gasteiger partial charge in [-0.25, -0.2) is 14.8 Å². The van der Waals surface area contributed by atoms with E-state index < -0.39 is 23.3 Å². The minimum Gasteiger partial charge on any atom is -0.481 e. The van der Waals surface area contributed by atoms with Crippen molar-refractivity contribution in [1.82, 2.24) is 9.97 Å². The zero-order valence-corrected chi connectivity index (χ0v) is 16.8. The number of halogens is 1. The summed E-state index contributed by atoms with van der Waals surface area (Å²) < 4.78 is 5.89. The summed E-state index contributed by atoms with van der Waals surface area (Å²) >= 11 is 6.02. The van der Waals surface area contributed by atoms with Gasteiger partial charge in [0.25, 0.3) is 0 Å². The van der Waals surface area contributed by atoms with Crippen LogP contribution in [0.1, 0.15) is 41.3 Å². The van der Waals surface area contributed by atoms with Crippen LogP contribution in [0.4, 0.5) is 0 Å². The number of aliphatic carboxylic acids is 1. The number of hydrogen-bond acceptors (Lipinski definition) is 5. The highest BCUT2D eigenvalue weighted by molar-refractivity contribution is 6.29. The van der Waals surface area contributed by atoms with Crippen LogP contribution < -0.4 is 4.74 Å². The first kappa shape index (κ1) is 19.8. The quantitative estimate of drug-likeness (QED) is 0.576. The van der Waals surface area contributed by atoms with Gasteiger partial charge in [0.15, 0.2) is 0 Å². The lowest BCUT2D eigenvalue weighted by molar-refractivity contribution is -0.147. The Balaban J connectivity index is 1.84. The fourth-order valence-corrected chi connectivity index (χ4v) is 3.73. The van der Waals surface area contributed by atoms with Gasteiger partial charge >= 0.3 is 11.9 Å². The van der Waals surface area contributed by atoms with E-state index in [-0.39, 0.29) is 22.5 Å². The molecule has 30 heavy (non-hydrogen) atoms. The molecule has 152 valence electrons. The molecule has 2 N–H and O–H groups in total. The van der Waals surface area contributed by atoms with Crippen LogP contribution in [0.25, 0.3) is 11.3 Å². The van der Waals surface area contributed by atoms with Gasteiger partial charge < -0.3 is 14.9 Å². The van der Waals surface area contributed by atoms with Crippen LogP contribution in [0.2, 0.25) is 5.15 Å². The molecule has 0 bridgehead atoms. The molecule has 8 heteroatoms. The summed E-state index contributed by atoms with van der Waals surface area (Å²) in [5, 5.41) is 19.1. The number of rotatable bonds is 4. The van der Waals surface area contributed by atoms with Crippen LogP contribution in [0, 0.1) is 5.41 Å². The summed E-state index contributed by atoms with van der Waals surface area (Å²) in [4.78, 5) is 31.9. The molecular weight excluding hydrogens is 408 g/mol. The first-order valence-corrected chi connectivity index (χ1v) is 9.48. The van der Waals surface area contributed by atoms with E-state index in [1.165, 1.54) is 12.1 Å². The van der Waals surface area contributed by atoms with Crippen LogP contribution in [-0.4, -0.2) is 32.1 Å². The molecule has 0 radical (unpaired) electrons. The Labute approximate surface area is 176 Å². The van der Waals surface area contributed by atoms with Crippen molar-refractivity contribution >= 4 is 23.5 Å². The Morgan fingerprint density at radius 2 is 1.53 bits per heavy atom. The van der Waals surface area contributed by atoms with Crippen molar-refractivity contribution in [3.05, 3.63) is 70.4 Å². The number of carboxylic acids is 2. The maximum atomic E-state index is 12.0. The topological polar surface area (TPSA) is 110 Å². The van der Waals surface area contributed by atoms with Crippen LogP contribution in [0.15, 0.2) is 48.5 Å². The monoisotopic (exact) mass is 424 g/mol. The minimum absolute atomic E-state index is 0.170. The Morgan fingerprint density at radius 3 is 2.13 bits per heavy atom. The number of carboxylic acid groups (broad SMARTS) is 2. The van der Waals surface area contributed by atoms with Gasteiger partial charge in [-0.3, -0.25) is 4.79 Å². The molecule has 1 aliphatic heterocycles. The Hall–Kier alpha value is -3.45. The van der Waals surface area contributed by atoms with E-state index in [1.807, 2.05) is 0 Å². The summed E-state index contributed by atoms with van der Waals surface area (Å²) in [5.41, 5.74) is 1.52. The second-order valence-electron chi connectivity index (χ2n) is 7.56. The number of benzene rings is 1. The summed E-state index contributed by atoms with van der Waals surface area (Å²) in [6.07, 6.45) is 0. The predicted octanol–water partition coefficient (Wildman–Crippen LogP) is 4.84. The highest BCUT2D eigenvalue weighted by Crippen LogP contribution is 2.51. The zero-order chi connectivity index (χ0) is 21.6. The number of pyridine rings is 2. The standard InChI is InChI=1S/C22H17ClN2O5/c1-22(2,21(28)29)17-13-7-9-15(11-3-5-12(6-4-11)20(26)27)24-18(13)30-19-14(17)8-10-16(23)25-19/h3-10,17H,1-2H3,(H,26,27)(H,28,29). The van der Waals surface area contributed by atoms with E-state index in [0.29, 0.717) is 22.4 Å². The highest BCUT2D eigenvalue weighted by Gasteiger charge is 2.44. The van der Waals surface area contributed by atoms with E-state index in [9.17, 15) is 14.7 Å². The Bertz CT molecular complexity index is 1170. The molecule has 0 saturated carbocycles. The van der Waals surface area contributed by atoms with Crippen LogP contribution in [0.3, 0.4) is 0 Å². The van der Waals surface area contributed by atoms with Gasteiger partial charge in [-0.1, -0.05) is 29.8 Å². The summed E-state index contributed by atoms with van der Waals surface area (Å²) in [6, 6.07) is 13.2. The first-order chi connectivity index (χ1) is 14.2. The fourth-order valence-electron chi connectivity index (χ4n) is 3.59. The van der Waals surface area contributed by atoms with Gasteiger partial charge in [0, 0.05) is 22.6 Å². The van der Waals surface area contributed by atoms with Crippen LogP contribution >= 0.6 is 11.6 Å². The lowest BCUT2D eigenvalue weighted by Gasteiger charge is -2.35. The summed E-state index contributed by atoms with van der Waals surface area (Å²) in [7, 11) is 0. The molecule has 0 amide bonds. The van der Waals surface area contributed by atoms with E-state index >= 15 is 0 Å². The number of aromatic nitrogens is 2. The van der Waals surface area contributed by atoms with Gasteiger partial charge in [-0.05, 0) is 44.2 Å². The Kier molecular flexibility index (Phi) is 4.70. The predicted molar refractivity (Wildman–Crippen MR) is 109 cm³/mol. The second-order valence-corrected chi connectivity index (χ2v) is 7.95. The molecule has 4 rings (SSSR count). The SMILES string of the molecule is CC(C)(C(=O)O)C1c2ccc(Cl)nc2Oc2nc(-c3ccc(C(=O)O)cc3)ccc21. The van der Waals surface area contributed by atoms with Gasteiger partial charge in [0.05, 0.1) is 16.7 Å². The molecule has 3 aromatic rings. The van der Waals surface area contributed by atoms with Gasteiger partial charge in [-0.15, -0.1) is 0 Å². The van der Waals surface area contributed by atoms with Crippen molar-refractivity contribution in [2.75, 3.05) is 0 Å². The fraction of sp³-hybridized carbons (Fsp3) is 0.182. The largest absolute Gasteiger partial charge is 0.481 e. The van der Waals surface area contributed by atoms with Crippen molar-refractivity contribution in [2.45, 2.75) is 19.8 Å². The minimum atomic E-state index is -1.16. The third-order valence-electron chi connectivity index (χ3n) is 5.26. The first-order valence-electron chi connectivity index (χ1n) is 9.11. The van der Waals surface area contributed by atoms with E-state index in [4.69, 9.17) is 21.4 Å². The molecule has 1 atom stereocenters. The average Bonchev–Trinajstić information content (AvgIpc) is 2.71. The maximum Gasteiger partial charge on any atom is 0.335 e. The van der Waals surface area contributed by atoms with Crippen LogP contribution in [-0.2, 0) is 4.79 Å². The number of nitrogens with zero attached hydrogens (tertiary/aromatic N) is 2. The molecule has 0 spiro atoms. The van der Waals surface area contributed by atoms with Gasteiger partial charge in [-0.2, -0.15) is 0 Å². The lowest BCUT2D eigenvalue weighted by atomic mass is 9.71. The van der Waals surface area contributed by atoms with Crippen molar-refractivity contribution < 1.29 is 24.5 Å². The highest BCUT2D eigenvalue weighted by atomic mass is 35.5. The molecule has 1 aliphatic rings. The second kappa shape index (κ2) is 7.11. The maximum absolute atomic E-state index is 12.0. The summed E-state index contributed by atoms with van der Waals surface area (Å²) in [5.74, 6) is -2.05. The summed E-state index contributed by atoms with van der Waals surface area (Å²) in [6.45, 7) is 3.29. The molecule has 7 nitrogen and oxygen atoms in total. The number of carbonyl (C=O) groups is 2. The third kappa shape index (κ3) is 3.27. The molecular formula is C22H17ClN2O5. The molecule has 1 unspecified atom stereocenters. The number of fused-ring (bicyclic) bond motifs is 2. The van der Waals surface area contributed by atoms with Gasteiger partial charge in [0.2, 0.25) is 11.8 Å². The molecule has 2 aromatic heterocycles. The number of aromatic carboxylic acids is 1. The average molecular weight is 425 g/mol. The number of ether oxygens (including phenoxy) is 1. The third-order valence-corrected chi connectivity index (χ3v) is 5.47. The van der Waals surface area contributed by atoms with E-state index in [1.54, 1.807) is 50.2 Å². The molecule has 1 aromatic carbocycles. The lowest BCUT2D eigenvalue weighted by Crippen LogP contribution is -2.34. The molecule has 0 aliphatic carbocycles. The molecule has 0 fully saturated rings. The van der Waals surface area contributed by atoms with Crippen LogP contribution in [0.5, 0.6) is 11.8 Å². The molecule has 0 saturated heterocycles. The van der Waals surface area contributed by atoms with E-state index in [2.05, 4.69) is 9.97 Å². The number of hydrogen-bond donors (Lipinski definition) is 2. The normalized spacial score (nSPS) is 15.0. The zero-order valence-electron chi connectivity index (χ0n) is 16.1. The Morgan fingerprint density at radius 1 is 0.933 bits per heavy atom. The van der Waals surface area contributed by atoms with Crippen molar-refractivity contribution in [3.8, 4) is 23.0 Å². The van der Waals surface area contributed by atoms with Crippen molar-refractivity contribution in [1.29, 1.82) is 0 Å². The van der Waals surface area contributed by atoms with Gasteiger partial charge in [0.1, 0.15) is 5.15 Å². The smallest absolute Gasteiger partial charge is 0.335 e. The van der Waals surface area contributed by atoms with E-state index in [0.717, 1.165) is 0 Å². The van der Waals surface area contributed by atoms with Crippen molar-refractivity contribution in [3.63, 3.8) is 0 Å². The van der Waals surface area contributed by atoms with Crippen molar-refractivity contribution in [2.24, 2.45) is 5.41 Å².